The van der Waals surface area contributed by atoms with Gasteiger partial charge in [0.05, 0.1) is 12.5 Å². The number of nitrogens with one attached hydrogen (secondary N) is 1. The number of hydrogen-bond acceptors (Lipinski definition) is 3. The van der Waals surface area contributed by atoms with Gasteiger partial charge in [0.25, 0.3) is 0 Å². The molecule has 0 aromatic rings. The molecule has 5 nitrogen and oxygen atoms in total. The first-order chi connectivity index (χ1) is 7.54. The van der Waals surface area contributed by atoms with Crippen molar-refractivity contribution in [1.29, 1.82) is 0 Å². The molecule has 0 bridgehead atoms. The maximum atomic E-state index is 12.1. The smallest absolute Gasteiger partial charge is 0.237 e. The topological polar surface area (TPSA) is 75.4 Å². The fourth-order valence-electron chi connectivity index (χ4n) is 2.14. The Labute approximate surface area is 96.4 Å². The number of hydrogen-bond donors (Lipinski definition) is 2. The average Bonchev–Trinajstić information content (AvgIpc) is 2.24. The molecule has 1 rings (SSSR count). The van der Waals surface area contributed by atoms with E-state index in [1.165, 1.54) is 4.90 Å². The monoisotopic (exact) mass is 227 g/mol. The highest BCUT2D eigenvalue weighted by Crippen LogP contribution is 2.17. The van der Waals surface area contributed by atoms with Gasteiger partial charge >= 0.3 is 0 Å². The highest BCUT2D eigenvalue weighted by atomic mass is 16.2. The molecule has 0 aromatic heterocycles. The van der Waals surface area contributed by atoms with Crippen LogP contribution < -0.4 is 11.1 Å². The molecule has 1 saturated heterocycles. The number of amides is 2. The Kier molecular flexibility index (Phi) is 4.73. The summed E-state index contributed by atoms with van der Waals surface area (Å²) in [4.78, 5) is 24.5. The van der Waals surface area contributed by atoms with Crippen LogP contribution in [0.5, 0.6) is 0 Å². The molecule has 2 atom stereocenters. The van der Waals surface area contributed by atoms with E-state index >= 15 is 0 Å². The maximum absolute atomic E-state index is 12.1. The molecule has 1 heterocycles. The standard InChI is InChI=1S/C11H21N3O2/c1-3-14(7-10(12)15)11(16)9-4-8(2)5-13-6-9/h8-9,13H,3-7H2,1-2H3,(H2,12,15). The van der Waals surface area contributed by atoms with Crippen molar-refractivity contribution in [2.75, 3.05) is 26.2 Å². The van der Waals surface area contributed by atoms with Gasteiger partial charge in [-0.25, -0.2) is 0 Å². The zero-order valence-corrected chi connectivity index (χ0v) is 10.0. The minimum Gasteiger partial charge on any atom is -0.368 e. The van der Waals surface area contributed by atoms with E-state index < -0.39 is 5.91 Å². The molecule has 0 radical (unpaired) electrons. The second-order valence-electron chi connectivity index (χ2n) is 4.51. The summed E-state index contributed by atoms with van der Waals surface area (Å²) in [6.45, 7) is 6.22. The van der Waals surface area contributed by atoms with Crippen LogP contribution in [-0.2, 0) is 9.59 Å². The highest BCUT2D eigenvalue weighted by Gasteiger charge is 2.28. The van der Waals surface area contributed by atoms with Gasteiger partial charge in [0.2, 0.25) is 11.8 Å². The molecule has 0 saturated carbocycles. The van der Waals surface area contributed by atoms with E-state index in [2.05, 4.69) is 12.2 Å². The molecule has 1 fully saturated rings. The third-order valence-electron chi connectivity index (χ3n) is 2.96. The fraction of sp³-hybridized carbons (Fsp3) is 0.818. The van der Waals surface area contributed by atoms with E-state index in [1.54, 1.807) is 0 Å². The first-order valence-electron chi connectivity index (χ1n) is 5.82. The minimum absolute atomic E-state index is 0.0111. The van der Waals surface area contributed by atoms with Crippen molar-refractivity contribution in [2.45, 2.75) is 20.3 Å². The van der Waals surface area contributed by atoms with Crippen LogP contribution in [0.25, 0.3) is 0 Å². The molecule has 3 N–H and O–H groups in total. The van der Waals surface area contributed by atoms with E-state index in [0.717, 1.165) is 13.0 Å². The Bertz CT molecular complexity index is 268. The zero-order chi connectivity index (χ0) is 12.1. The van der Waals surface area contributed by atoms with E-state index in [-0.39, 0.29) is 18.4 Å². The molecule has 1 aliphatic rings. The Balaban J connectivity index is 2.56. The zero-order valence-electron chi connectivity index (χ0n) is 10.0. The molecule has 1 aliphatic heterocycles. The van der Waals surface area contributed by atoms with E-state index in [0.29, 0.717) is 19.0 Å². The van der Waals surface area contributed by atoms with Crippen molar-refractivity contribution >= 4 is 11.8 Å². The lowest BCUT2D eigenvalue weighted by molar-refractivity contribution is -0.139. The van der Waals surface area contributed by atoms with Crippen LogP contribution in [-0.4, -0.2) is 42.9 Å². The second-order valence-corrected chi connectivity index (χ2v) is 4.51. The molecule has 0 spiro atoms. The number of nitrogens with zero attached hydrogens (tertiary/aromatic N) is 1. The largest absolute Gasteiger partial charge is 0.368 e. The Morgan fingerprint density at radius 2 is 2.12 bits per heavy atom. The van der Waals surface area contributed by atoms with Gasteiger partial charge in [0, 0.05) is 13.1 Å². The first-order valence-corrected chi connectivity index (χ1v) is 5.82. The number of carbonyl (C=O) groups excluding carboxylic acids is 2. The summed E-state index contributed by atoms with van der Waals surface area (Å²) in [5, 5.41) is 3.23. The third-order valence-corrected chi connectivity index (χ3v) is 2.96. The van der Waals surface area contributed by atoms with Gasteiger partial charge in [0.15, 0.2) is 0 Å². The van der Waals surface area contributed by atoms with Crippen LogP contribution in [0.2, 0.25) is 0 Å². The van der Waals surface area contributed by atoms with Crippen LogP contribution >= 0.6 is 0 Å². The van der Waals surface area contributed by atoms with Crippen molar-refractivity contribution in [3.05, 3.63) is 0 Å². The lowest BCUT2D eigenvalue weighted by Crippen LogP contribution is -2.47. The predicted molar refractivity (Wildman–Crippen MR) is 61.6 cm³/mol. The van der Waals surface area contributed by atoms with Crippen molar-refractivity contribution in [3.63, 3.8) is 0 Å². The predicted octanol–water partition coefficient (Wildman–Crippen LogP) is -0.434. The normalized spacial score (nSPS) is 25.1. The molecular formula is C11H21N3O2. The highest BCUT2D eigenvalue weighted by molar-refractivity contribution is 5.85. The summed E-state index contributed by atoms with van der Waals surface area (Å²) >= 11 is 0. The number of likely N-dealkylation sites (N-methyl/N-ethyl adjacent to an activating group) is 1. The van der Waals surface area contributed by atoms with Gasteiger partial charge in [-0.2, -0.15) is 0 Å². The van der Waals surface area contributed by atoms with Crippen LogP contribution in [0.4, 0.5) is 0 Å². The first kappa shape index (κ1) is 13.0. The SMILES string of the molecule is CCN(CC(N)=O)C(=O)C1CNCC(C)C1. The summed E-state index contributed by atoms with van der Waals surface area (Å²) in [5.41, 5.74) is 5.12. The van der Waals surface area contributed by atoms with Crippen molar-refractivity contribution in [2.24, 2.45) is 17.6 Å². The molecule has 2 unspecified atom stereocenters. The third kappa shape index (κ3) is 3.48. The van der Waals surface area contributed by atoms with Crippen LogP contribution in [0.3, 0.4) is 0 Å². The summed E-state index contributed by atoms with van der Waals surface area (Å²) in [5.74, 6) is 0.0883. The number of rotatable bonds is 4. The van der Waals surface area contributed by atoms with Crippen LogP contribution in [0, 0.1) is 11.8 Å². The number of piperidine rings is 1. The fourth-order valence-corrected chi connectivity index (χ4v) is 2.14. The second kappa shape index (κ2) is 5.84. The van der Waals surface area contributed by atoms with E-state index in [4.69, 9.17) is 5.73 Å². The molecule has 92 valence electrons. The van der Waals surface area contributed by atoms with Crippen LogP contribution in [0.1, 0.15) is 20.3 Å². The van der Waals surface area contributed by atoms with E-state index in [9.17, 15) is 9.59 Å². The summed E-state index contributed by atoms with van der Waals surface area (Å²) in [7, 11) is 0. The van der Waals surface area contributed by atoms with E-state index in [1.807, 2.05) is 6.92 Å². The van der Waals surface area contributed by atoms with Gasteiger partial charge in [-0.05, 0) is 25.8 Å². The Hall–Kier alpha value is -1.10. The van der Waals surface area contributed by atoms with Crippen molar-refractivity contribution in [3.8, 4) is 0 Å². The molecular weight excluding hydrogens is 206 g/mol. The lowest BCUT2D eigenvalue weighted by atomic mass is 9.91. The number of primary amides is 1. The lowest BCUT2D eigenvalue weighted by Gasteiger charge is -2.31. The summed E-state index contributed by atoms with van der Waals surface area (Å²) in [6.07, 6.45) is 0.890. The minimum atomic E-state index is -0.452. The Morgan fingerprint density at radius 1 is 1.44 bits per heavy atom. The van der Waals surface area contributed by atoms with Gasteiger partial charge < -0.3 is 16.0 Å². The van der Waals surface area contributed by atoms with Gasteiger partial charge in [0.1, 0.15) is 0 Å². The summed E-state index contributed by atoms with van der Waals surface area (Å²) < 4.78 is 0. The van der Waals surface area contributed by atoms with Gasteiger partial charge in [-0.1, -0.05) is 6.92 Å². The van der Waals surface area contributed by atoms with Crippen molar-refractivity contribution < 1.29 is 9.59 Å². The number of carbonyl (C=O) groups is 2. The summed E-state index contributed by atoms with van der Waals surface area (Å²) in [6, 6.07) is 0. The quantitative estimate of drug-likeness (QED) is 0.684. The number of nitrogens with two attached hydrogens (primary N) is 1. The maximum Gasteiger partial charge on any atom is 0.237 e. The molecule has 0 aliphatic carbocycles. The average molecular weight is 227 g/mol. The van der Waals surface area contributed by atoms with Crippen LogP contribution in [0.15, 0.2) is 0 Å². The molecule has 16 heavy (non-hydrogen) atoms. The Morgan fingerprint density at radius 3 is 2.62 bits per heavy atom. The molecule has 2 amide bonds. The molecule has 0 aromatic carbocycles. The molecule has 5 heteroatoms. The van der Waals surface area contributed by atoms with Crippen molar-refractivity contribution in [1.82, 2.24) is 10.2 Å². The van der Waals surface area contributed by atoms with Gasteiger partial charge in [-0.3, -0.25) is 9.59 Å². The van der Waals surface area contributed by atoms with Gasteiger partial charge in [-0.15, -0.1) is 0 Å².